The van der Waals surface area contributed by atoms with Crippen molar-refractivity contribution in [2.45, 2.75) is 39.7 Å². The second kappa shape index (κ2) is 5.42. The van der Waals surface area contributed by atoms with Gasteiger partial charge >= 0.3 is 0 Å². The number of benzene rings is 1. The van der Waals surface area contributed by atoms with Crippen LogP contribution in [0.3, 0.4) is 0 Å². The summed E-state index contributed by atoms with van der Waals surface area (Å²) in [6.45, 7) is 6.76. The number of anilines is 1. The lowest BCUT2D eigenvalue weighted by atomic mass is 9.99. The van der Waals surface area contributed by atoms with Crippen LogP contribution in [-0.4, -0.2) is 18.6 Å². The van der Waals surface area contributed by atoms with Crippen LogP contribution in [-0.2, 0) is 4.79 Å². The van der Waals surface area contributed by atoms with Gasteiger partial charge in [-0.15, -0.1) is 0 Å². The van der Waals surface area contributed by atoms with Gasteiger partial charge in [-0.25, -0.2) is 0 Å². The molecule has 0 bridgehead atoms. The molecule has 18 heavy (non-hydrogen) atoms. The molecule has 3 nitrogen and oxygen atoms in total. The maximum Gasteiger partial charge on any atom is 0.230 e. The first kappa shape index (κ1) is 12.9. The lowest BCUT2D eigenvalue weighted by Gasteiger charge is -2.36. The first-order valence-electron chi connectivity index (χ1n) is 6.73. The van der Waals surface area contributed by atoms with E-state index in [0.29, 0.717) is 6.61 Å². The minimum absolute atomic E-state index is 0.105. The molecule has 1 aromatic carbocycles. The van der Waals surface area contributed by atoms with Gasteiger partial charge in [0.1, 0.15) is 12.4 Å². The Morgan fingerprint density at radius 1 is 1.39 bits per heavy atom. The number of hydrogen-bond acceptors (Lipinski definition) is 2. The van der Waals surface area contributed by atoms with Gasteiger partial charge in [-0.3, -0.25) is 4.79 Å². The van der Waals surface area contributed by atoms with Crippen LogP contribution in [0.5, 0.6) is 5.75 Å². The number of fused-ring (bicyclic) bond motifs is 1. The zero-order chi connectivity index (χ0) is 13.1. The number of amides is 1. The van der Waals surface area contributed by atoms with Crippen LogP contribution in [0.15, 0.2) is 24.3 Å². The number of nitrogens with zero attached hydrogens (tertiary/aromatic N) is 1. The van der Waals surface area contributed by atoms with E-state index in [-0.39, 0.29) is 17.9 Å². The molecule has 1 heterocycles. The van der Waals surface area contributed by atoms with E-state index < -0.39 is 0 Å². The van der Waals surface area contributed by atoms with E-state index in [4.69, 9.17) is 4.74 Å². The molecule has 1 aliphatic rings. The van der Waals surface area contributed by atoms with Crippen LogP contribution < -0.4 is 9.64 Å². The Hall–Kier alpha value is -1.51. The smallest absolute Gasteiger partial charge is 0.230 e. The van der Waals surface area contributed by atoms with Gasteiger partial charge in [0.05, 0.1) is 11.7 Å². The predicted molar refractivity (Wildman–Crippen MR) is 73.0 cm³/mol. The summed E-state index contributed by atoms with van der Waals surface area (Å²) in [4.78, 5) is 14.5. The Balaban J connectivity index is 2.34. The Kier molecular flexibility index (Phi) is 3.90. The average molecular weight is 247 g/mol. The molecule has 2 rings (SSSR count). The molecule has 1 amide bonds. The fraction of sp³-hybridized carbons (Fsp3) is 0.533. The highest BCUT2D eigenvalue weighted by Crippen LogP contribution is 2.34. The molecule has 1 aliphatic heterocycles. The number of para-hydroxylation sites is 2. The van der Waals surface area contributed by atoms with Gasteiger partial charge in [0.2, 0.25) is 5.91 Å². The molecule has 0 aliphatic carbocycles. The minimum atomic E-state index is 0.105. The third-order valence-electron chi connectivity index (χ3n) is 3.62. The van der Waals surface area contributed by atoms with Gasteiger partial charge in [-0.2, -0.15) is 0 Å². The van der Waals surface area contributed by atoms with E-state index in [1.165, 1.54) is 0 Å². The summed E-state index contributed by atoms with van der Waals surface area (Å²) in [6, 6.07) is 7.88. The average Bonchev–Trinajstić information content (AvgIpc) is 2.39. The van der Waals surface area contributed by atoms with Crippen molar-refractivity contribution in [1.82, 2.24) is 0 Å². The molecule has 98 valence electrons. The highest BCUT2D eigenvalue weighted by molar-refractivity contribution is 5.97. The molecule has 0 N–H and O–H groups in total. The van der Waals surface area contributed by atoms with Crippen molar-refractivity contribution in [2.75, 3.05) is 11.5 Å². The van der Waals surface area contributed by atoms with Gasteiger partial charge in [0.25, 0.3) is 0 Å². The number of hydrogen-bond donors (Lipinski definition) is 0. The summed E-state index contributed by atoms with van der Waals surface area (Å²) in [7, 11) is 0. The summed E-state index contributed by atoms with van der Waals surface area (Å²) in [5.41, 5.74) is 0.910. The molecule has 0 fully saturated rings. The Morgan fingerprint density at radius 2 is 2.06 bits per heavy atom. The van der Waals surface area contributed by atoms with Crippen LogP contribution >= 0.6 is 0 Å². The van der Waals surface area contributed by atoms with Crippen molar-refractivity contribution in [1.29, 1.82) is 0 Å². The topological polar surface area (TPSA) is 29.5 Å². The molecule has 0 radical (unpaired) electrons. The largest absolute Gasteiger partial charge is 0.489 e. The molecule has 1 unspecified atom stereocenters. The number of ether oxygens (including phenoxy) is 1. The van der Waals surface area contributed by atoms with Crippen molar-refractivity contribution < 1.29 is 9.53 Å². The maximum atomic E-state index is 12.6. The molecular weight excluding hydrogens is 226 g/mol. The van der Waals surface area contributed by atoms with E-state index in [9.17, 15) is 4.79 Å². The van der Waals surface area contributed by atoms with Crippen molar-refractivity contribution in [3.05, 3.63) is 24.3 Å². The monoisotopic (exact) mass is 247 g/mol. The highest BCUT2D eigenvalue weighted by atomic mass is 16.5. The predicted octanol–water partition coefficient (Wildman–Crippen LogP) is 3.24. The lowest BCUT2D eigenvalue weighted by Crippen LogP contribution is -2.47. The summed E-state index contributed by atoms with van der Waals surface area (Å²) < 4.78 is 5.67. The van der Waals surface area contributed by atoms with Crippen LogP contribution in [0.25, 0.3) is 0 Å². The van der Waals surface area contributed by atoms with E-state index in [1.807, 2.05) is 36.1 Å². The zero-order valence-corrected chi connectivity index (χ0v) is 11.3. The van der Waals surface area contributed by atoms with E-state index in [0.717, 1.165) is 24.3 Å². The maximum absolute atomic E-state index is 12.6. The minimum Gasteiger partial charge on any atom is -0.489 e. The first-order chi connectivity index (χ1) is 8.69. The SMILES string of the molecule is CCC(CC)C(=O)N1c2ccccc2OCC1C. The Labute approximate surface area is 109 Å². The van der Waals surface area contributed by atoms with Gasteiger partial charge in [-0.05, 0) is 31.9 Å². The molecule has 0 spiro atoms. The fourth-order valence-corrected chi connectivity index (χ4v) is 2.47. The number of rotatable bonds is 3. The molecule has 1 atom stereocenters. The van der Waals surface area contributed by atoms with E-state index in [1.54, 1.807) is 0 Å². The van der Waals surface area contributed by atoms with Gasteiger partial charge < -0.3 is 9.64 Å². The number of carbonyl (C=O) groups is 1. The second-order valence-electron chi connectivity index (χ2n) is 4.85. The highest BCUT2D eigenvalue weighted by Gasteiger charge is 2.32. The second-order valence-corrected chi connectivity index (χ2v) is 4.85. The summed E-state index contributed by atoms with van der Waals surface area (Å²) in [5, 5.41) is 0. The lowest BCUT2D eigenvalue weighted by molar-refractivity contribution is -0.123. The summed E-state index contributed by atoms with van der Waals surface area (Å²) in [6.07, 6.45) is 1.78. The Bertz CT molecular complexity index is 426. The van der Waals surface area contributed by atoms with Crippen LogP contribution in [0, 0.1) is 5.92 Å². The van der Waals surface area contributed by atoms with Crippen LogP contribution in [0.4, 0.5) is 5.69 Å². The third kappa shape index (κ3) is 2.22. The number of carbonyl (C=O) groups excluding carboxylic acids is 1. The molecular formula is C15H21NO2. The van der Waals surface area contributed by atoms with Crippen LogP contribution in [0.1, 0.15) is 33.6 Å². The Morgan fingerprint density at radius 3 is 2.72 bits per heavy atom. The van der Waals surface area contributed by atoms with Crippen molar-refractivity contribution in [2.24, 2.45) is 5.92 Å². The molecule has 3 heteroatoms. The van der Waals surface area contributed by atoms with E-state index >= 15 is 0 Å². The van der Waals surface area contributed by atoms with Crippen molar-refractivity contribution in [3.8, 4) is 5.75 Å². The molecule has 0 aromatic heterocycles. The van der Waals surface area contributed by atoms with E-state index in [2.05, 4.69) is 13.8 Å². The zero-order valence-electron chi connectivity index (χ0n) is 11.3. The standard InChI is InChI=1S/C15H21NO2/c1-4-12(5-2)15(17)16-11(3)10-18-14-9-7-6-8-13(14)16/h6-9,11-12H,4-5,10H2,1-3H3. The summed E-state index contributed by atoms with van der Waals surface area (Å²) in [5.74, 6) is 1.15. The van der Waals surface area contributed by atoms with Crippen molar-refractivity contribution >= 4 is 11.6 Å². The van der Waals surface area contributed by atoms with Gasteiger partial charge in [0, 0.05) is 5.92 Å². The van der Waals surface area contributed by atoms with Gasteiger partial charge in [-0.1, -0.05) is 26.0 Å². The first-order valence-corrected chi connectivity index (χ1v) is 6.73. The molecule has 1 aromatic rings. The molecule has 0 saturated carbocycles. The quantitative estimate of drug-likeness (QED) is 0.820. The normalized spacial score (nSPS) is 18.4. The molecule has 0 saturated heterocycles. The summed E-state index contributed by atoms with van der Waals surface area (Å²) >= 11 is 0. The van der Waals surface area contributed by atoms with Crippen LogP contribution in [0.2, 0.25) is 0 Å². The fourth-order valence-electron chi connectivity index (χ4n) is 2.47. The van der Waals surface area contributed by atoms with Gasteiger partial charge in [0.15, 0.2) is 0 Å². The third-order valence-corrected chi connectivity index (χ3v) is 3.62. The van der Waals surface area contributed by atoms with Crippen molar-refractivity contribution in [3.63, 3.8) is 0 Å².